The van der Waals surface area contributed by atoms with E-state index in [2.05, 4.69) is 5.32 Å². The van der Waals surface area contributed by atoms with Crippen LogP contribution in [0.15, 0.2) is 48.5 Å². The summed E-state index contributed by atoms with van der Waals surface area (Å²) < 4.78 is 5.62. The Hall–Kier alpha value is -3.35. The first-order valence-corrected chi connectivity index (χ1v) is 9.52. The van der Waals surface area contributed by atoms with Crippen molar-refractivity contribution in [1.29, 1.82) is 0 Å². The number of carbonyl (C=O) groups excluding carboxylic acids is 3. The van der Waals surface area contributed by atoms with E-state index in [0.29, 0.717) is 23.7 Å². The van der Waals surface area contributed by atoms with E-state index in [0.717, 1.165) is 5.56 Å². The van der Waals surface area contributed by atoms with Gasteiger partial charge in [0.25, 0.3) is 5.91 Å². The van der Waals surface area contributed by atoms with Gasteiger partial charge in [0.15, 0.2) is 6.10 Å². The molecular formula is C22H25N3O4. The highest BCUT2D eigenvalue weighted by atomic mass is 16.5. The molecule has 0 saturated carbocycles. The Bertz CT molecular complexity index is 928. The lowest BCUT2D eigenvalue weighted by Crippen LogP contribution is -2.45. The lowest BCUT2D eigenvalue weighted by Gasteiger charge is -2.32. The fourth-order valence-corrected chi connectivity index (χ4v) is 3.16. The Morgan fingerprint density at radius 3 is 2.69 bits per heavy atom. The molecule has 0 fully saturated rings. The Kier molecular flexibility index (Phi) is 6.16. The van der Waals surface area contributed by atoms with Gasteiger partial charge in [-0.2, -0.15) is 0 Å². The molecule has 2 aromatic rings. The maximum atomic E-state index is 12.5. The number of hydrogen-bond acceptors (Lipinski definition) is 4. The SMILES string of the molecule is CC(=O)N(C)Cc1cccc(NC(=O)CCN2C(=O)C(C)Oc3ccccc32)c1. The highest BCUT2D eigenvalue weighted by Crippen LogP contribution is 2.33. The van der Waals surface area contributed by atoms with E-state index in [4.69, 9.17) is 4.74 Å². The van der Waals surface area contributed by atoms with Crippen molar-refractivity contribution >= 4 is 29.1 Å². The number of amides is 3. The standard InChI is InChI=1S/C22H25N3O4/c1-15-22(28)25(19-9-4-5-10-20(19)29-15)12-11-21(27)23-18-8-6-7-17(13-18)14-24(3)16(2)26/h4-10,13,15H,11-12,14H2,1-3H3,(H,23,27). The van der Waals surface area contributed by atoms with Crippen LogP contribution < -0.4 is 15.0 Å². The van der Waals surface area contributed by atoms with Gasteiger partial charge in [0.2, 0.25) is 11.8 Å². The van der Waals surface area contributed by atoms with Gasteiger partial charge >= 0.3 is 0 Å². The summed E-state index contributed by atoms with van der Waals surface area (Å²) in [6.45, 7) is 3.95. The molecule has 0 aromatic heterocycles. The van der Waals surface area contributed by atoms with Crippen LogP contribution in [0.4, 0.5) is 11.4 Å². The molecule has 0 aliphatic carbocycles. The Balaban J connectivity index is 1.62. The zero-order chi connectivity index (χ0) is 21.0. The van der Waals surface area contributed by atoms with E-state index in [1.165, 1.54) is 6.92 Å². The minimum Gasteiger partial charge on any atom is -0.479 e. The van der Waals surface area contributed by atoms with Crippen molar-refractivity contribution in [2.45, 2.75) is 32.9 Å². The van der Waals surface area contributed by atoms with Gasteiger partial charge in [-0.25, -0.2) is 0 Å². The van der Waals surface area contributed by atoms with Crippen LogP contribution in [-0.2, 0) is 20.9 Å². The van der Waals surface area contributed by atoms with Gasteiger partial charge in [0, 0.05) is 39.2 Å². The largest absolute Gasteiger partial charge is 0.479 e. The summed E-state index contributed by atoms with van der Waals surface area (Å²) in [5, 5.41) is 2.86. The second-order valence-corrected chi connectivity index (χ2v) is 7.09. The number of nitrogens with zero attached hydrogens (tertiary/aromatic N) is 2. The third-order valence-electron chi connectivity index (χ3n) is 4.80. The first-order chi connectivity index (χ1) is 13.8. The molecule has 3 amide bonds. The fourth-order valence-electron chi connectivity index (χ4n) is 3.16. The number of benzene rings is 2. The van der Waals surface area contributed by atoms with E-state index < -0.39 is 6.10 Å². The molecular weight excluding hydrogens is 370 g/mol. The summed E-state index contributed by atoms with van der Waals surface area (Å²) in [5.74, 6) is 0.267. The molecule has 0 spiro atoms. The molecule has 0 saturated heterocycles. The summed E-state index contributed by atoms with van der Waals surface area (Å²) in [4.78, 5) is 39.5. The first kappa shape index (κ1) is 20.4. The second-order valence-electron chi connectivity index (χ2n) is 7.09. The van der Waals surface area contributed by atoms with Crippen molar-refractivity contribution in [3.05, 3.63) is 54.1 Å². The lowest BCUT2D eigenvalue weighted by molar-refractivity contribution is -0.128. The van der Waals surface area contributed by atoms with Crippen molar-refractivity contribution in [2.75, 3.05) is 23.8 Å². The fraction of sp³-hybridized carbons (Fsp3) is 0.318. The van der Waals surface area contributed by atoms with Crippen LogP contribution in [0.3, 0.4) is 0 Å². The van der Waals surface area contributed by atoms with Gasteiger partial charge in [-0.3, -0.25) is 14.4 Å². The predicted octanol–water partition coefficient (Wildman–Crippen LogP) is 2.81. The number of para-hydroxylation sites is 2. The second kappa shape index (κ2) is 8.77. The van der Waals surface area contributed by atoms with Gasteiger partial charge in [0.05, 0.1) is 5.69 Å². The maximum absolute atomic E-state index is 12.5. The first-order valence-electron chi connectivity index (χ1n) is 9.52. The Labute approximate surface area is 170 Å². The average Bonchev–Trinajstić information content (AvgIpc) is 2.68. The Morgan fingerprint density at radius 1 is 1.17 bits per heavy atom. The monoisotopic (exact) mass is 395 g/mol. The smallest absolute Gasteiger partial charge is 0.267 e. The lowest BCUT2D eigenvalue weighted by atomic mass is 10.1. The van der Waals surface area contributed by atoms with Gasteiger partial charge in [-0.15, -0.1) is 0 Å². The summed E-state index contributed by atoms with van der Waals surface area (Å²) in [6, 6.07) is 14.7. The predicted molar refractivity (Wildman–Crippen MR) is 111 cm³/mol. The topological polar surface area (TPSA) is 79.0 Å². The summed E-state index contributed by atoms with van der Waals surface area (Å²) in [6.07, 6.45) is -0.424. The maximum Gasteiger partial charge on any atom is 0.267 e. The third kappa shape index (κ3) is 4.93. The molecule has 0 radical (unpaired) electrons. The van der Waals surface area contributed by atoms with Crippen LogP contribution in [0.5, 0.6) is 5.75 Å². The molecule has 1 atom stereocenters. The van der Waals surface area contributed by atoms with Crippen LogP contribution >= 0.6 is 0 Å². The minimum absolute atomic E-state index is 0.0240. The molecule has 7 heteroatoms. The molecule has 1 aliphatic rings. The molecule has 3 rings (SSSR count). The van der Waals surface area contributed by atoms with Crippen LogP contribution in [-0.4, -0.2) is 42.3 Å². The minimum atomic E-state index is -0.581. The number of ether oxygens (including phenoxy) is 1. The summed E-state index contributed by atoms with van der Waals surface area (Å²) >= 11 is 0. The highest BCUT2D eigenvalue weighted by Gasteiger charge is 2.31. The molecule has 1 aliphatic heterocycles. The molecule has 29 heavy (non-hydrogen) atoms. The van der Waals surface area contributed by atoms with Gasteiger partial charge in [-0.05, 0) is 36.8 Å². The van der Waals surface area contributed by atoms with Crippen LogP contribution in [0.1, 0.15) is 25.8 Å². The van der Waals surface area contributed by atoms with E-state index in [1.54, 1.807) is 29.8 Å². The van der Waals surface area contributed by atoms with Crippen molar-refractivity contribution < 1.29 is 19.1 Å². The third-order valence-corrected chi connectivity index (χ3v) is 4.80. The number of rotatable bonds is 6. The number of hydrogen-bond donors (Lipinski definition) is 1. The van der Waals surface area contributed by atoms with E-state index in [9.17, 15) is 14.4 Å². The van der Waals surface area contributed by atoms with E-state index in [-0.39, 0.29) is 30.7 Å². The molecule has 2 aromatic carbocycles. The molecule has 0 bridgehead atoms. The van der Waals surface area contributed by atoms with E-state index >= 15 is 0 Å². The van der Waals surface area contributed by atoms with Crippen LogP contribution in [0, 0.1) is 0 Å². The molecule has 152 valence electrons. The number of nitrogens with one attached hydrogen (secondary N) is 1. The zero-order valence-electron chi connectivity index (χ0n) is 16.8. The number of carbonyl (C=O) groups is 3. The normalized spacial score (nSPS) is 15.3. The van der Waals surface area contributed by atoms with Gasteiger partial charge in [0.1, 0.15) is 5.75 Å². The Morgan fingerprint density at radius 2 is 1.93 bits per heavy atom. The molecule has 1 N–H and O–H groups in total. The van der Waals surface area contributed by atoms with Crippen LogP contribution in [0.2, 0.25) is 0 Å². The zero-order valence-corrected chi connectivity index (χ0v) is 16.8. The number of fused-ring (bicyclic) bond motifs is 1. The molecule has 7 nitrogen and oxygen atoms in total. The number of anilines is 2. The summed E-state index contributed by atoms with van der Waals surface area (Å²) in [7, 11) is 1.73. The summed E-state index contributed by atoms with van der Waals surface area (Å²) in [5.41, 5.74) is 2.26. The average molecular weight is 395 g/mol. The highest BCUT2D eigenvalue weighted by molar-refractivity contribution is 6.00. The van der Waals surface area contributed by atoms with Crippen molar-refractivity contribution in [2.24, 2.45) is 0 Å². The molecule has 1 unspecified atom stereocenters. The van der Waals surface area contributed by atoms with Gasteiger partial charge in [-0.1, -0.05) is 24.3 Å². The van der Waals surface area contributed by atoms with Crippen molar-refractivity contribution in [3.63, 3.8) is 0 Å². The molecule has 1 heterocycles. The quantitative estimate of drug-likeness (QED) is 0.816. The van der Waals surface area contributed by atoms with Crippen molar-refractivity contribution in [1.82, 2.24) is 4.90 Å². The van der Waals surface area contributed by atoms with Crippen LogP contribution in [0.25, 0.3) is 0 Å². The van der Waals surface area contributed by atoms with E-state index in [1.807, 2.05) is 42.5 Å². The van der Waals surface area contributed by atoms with Crippen molar-refractivity contribution in [3.8, 4) is 5.75 Å². The van der Waals surface area contributed by atoms with Gasteiger partial charge < -0.3 is 19.9 Å².